The molecule has 22 heavy (non-hydrogen) atoms. The quantitative estimate of drug-likeness (QED) is 0.430. The lowest BCUT2D eigenvalue weighted by Gasteiger charge is -2.09. The van der Waals surface area contributed by atoms with E-state index in [-0.39, 0.29) is 12.1 Å². The minimum atomic E-state index is -0.0399. The van der Waals surface area contributed by atoms with Crippen LogP contribution >= 0.6 is 9.24 Å². The number of benzene rings is 1. The van der Waals surface area contributed by atoms with Gasteiger partial charge >= 0.3 is 0 Å². The molecule has 0 aliphatic rings. The van der Waals surface area contributed by atoms with E-state index in [1.807, 2.05) is 19.2 Å². The molecule has 0 spiro atoms. The van der Waals surface area contributed by atoms with Crippen LogP contribution in [0, 0.1) is 11.8 Å². The molecule has 0 aromatic heterocycles. The van der Waals surface area contributed by atoms with Crippen LogP contribution in [0.4, 0.5) is 0 Å². The van der Waals surface area contributed by atoms with E-state index in [0.29, 0.717) is 25.9 Å². The Kier molecular flexibility index (Phi) is 9.70. The van der Waals surface area contributed by atoms with E-state index in [2.05, 4.69) is 45.5 Å². The first kappa shape index (κ1) is 18.8. The normalized spacial score (nSPS) is 11.6. The molecule has 0 amide bonds. The van der Waals surface area contributed by atoms with E-state index in [9.17, 15) is 4.79 Å². The molecule has 120 valence electrons. The van der Waals surface area contributed by atoms with Gasteiger partial charge in [-0.25, -0.2) is 0 Å². The highest BCUT2D eigenvalue weighted by atomic mass is 31.0. The third-order valence-corrected chi connectivity index (χ3v) is 3.24. The molecule has 5 heteroatoms. The largest absolute Gasteiger partial charge is 0.373 e. The molecular formula is C17H24NO3P. The molecule has 1 N–H and O–H groups in total. The van der Waals surface area contributed by atoms with Gasteiger partial charge in [0.15, 0.2) is 5.52 Å². The summed E-state index contributed by atoms with van der Waals surface area (Å²) in [6, 6.07) is 8.54. The third-order valence-electron chi connectivity index (χ3n) is 3.07. The topological polar surface area (TPSA) is 47.6 Å². The van der Waals surface area contributed by atoms with Crippen LogP contribution < -0.4 is 5.32 Å². The predicted octanol–water partition coefficient (Wildman–Crippen LogP) is 2.14. The molecule has 0 saturated heterocycles. The van der Waals surface area contributed by atoms with Crippen LogP contribution in [0.15, 0.2) is 24.3 Å². The van der Waals surface area contributed by atoms with E-state index in [1.165, 1.54) is 5.56 Å². The van der Waals surface area contributed by atoms with Gasteiger partial charge in [-0.15, -0.1) is 0 Å². The second kappa shape index (κ2) is 11.3. The first-order valence-corrected chi connectivity index (χ1v) is 7.91. The molecule has 0 heterocycles. The molecule has 2 atom stereocenters. The fourth-order valence-electron chi connectivity index (χ4n) is 1.72. The zero-order valence-electron chi connectivity index (χ0n) is 13.2. The average Bonchev–Trinajstić information content (AvgIpc) is 2.53. The summed E-state index contributed by atoms with van der Waals surface area (Å²) >= 11 is 0. The molecule has 4 nitrogen and oxygen atoms in total. The number of carbonyl (C=O) groups excluding carboxylic acids is 1. The van der Waals surface area contributed by atoms with Gasteiger partial charge in [-0.05, 0) is 38.1 Å². The second-order valence-corrected chi connectivity index (χ2v) is 5.50. The van der Waals surface area contributed by atoms with Gasteiger partial charge in [0.25, 0.3) is 0 Å². The van der Waals surface area contributed by atoms with Crippen molar-refractivity contribution in [3.8, 4) is 11.8 Å². The zero-order chi connectivity index (χ0) is 16.2. The standard InChI is InChI=1S/C17H24NO3P/c1-14(18-2)16-8-6-15(7-9-16)5-3-10-20-11-4-12-21-13-17(19)22/h6-9,14,18H,4,10-13,22H2,1-2H3. The number of hydrogen-bond acceptors (Lipinski definition) is 4. The second-order valence-electron chi connectivity index (χ2n) is 4.86. The number of ether oxygens (including phenoxy) is 2. The summed E-state index contributed by atoms with van der Waals surface area (Å²) in [7, 11) is 4.03. The maximum absolute atomic E-state index is 10.6. The third kappa shape index (κ3) is 8.26. The van der Waals surface area contributed by atoms with E-state index >= 15 is 0 Å². The molecule has 0 fully saturated rings. The van der Waals surface area contributed by atoms with Gasteiger partial charge in [-0.1, -0.05) is 33.2 Å². The maximum atomic E-state index is 10.6. The van der Waals surface area contributed by atoms with Gasteiger partial charge in [-0.3, -0.25) is 4.79 Å². The maximum Gasteiger partial charge on any atom is 0.173 e. The molecule has 1 rings (SSSR count). The summed E-state index contributed by atoms with van der Waals surface area (Å²) in [5, 5.41) is 3.20. The summed E-state index contributed by atoms with van der Waals surface area (Å²) in [5.74, 6) is 6.06. The van der Waals surface area contributed by atoms with E-state index in [0.717, 1.165) is 12.0 Å². The highest BCUT2D eigenvalue weighted by Crippen LogP contribution is 2.11. The monoisotopic (exact) mass is 321 g/mol. The van der Waals surface area contributed by atoms with Crippen LogP contribution in [0.3, 0.4) is 0 Å². The lowest BCUT2D eigenvalue weighted by molar-refractivity contribution is -0.115. The van der Waals surface area contributed by atoms with Gasteiger partial charge in [0.2, 0.25) is 0 Å². The Hall–Kier alpha value is -1.24. The lowest BCUT2D eigenvalue weighted by atomic mass is 10.1. The molecule has 0 aliphatic carbocycles. The summed E-state index contributed by atoms with van der Waals surface area (Å²) in [5.41, 5.74) is 2.19. The minimum Gasteiger partial charge on any atom is -0.373 e. The van der Waals surface area contributed by atoms with Crippen molar-refractivity contribution in [3.05, 3.63) is 35.4 Å². The summed E-state index contributed by atoms with van der Waals surface area (Å²) in [6.45, 7) is 3.77. The zero-order valence-corrected chi connectivity index (χ0v) is 14.4. The van der Waals surface area contributed by atoms with Crippen molar-refractivity contribution < 1.29 is 14.3 Å². The Morgan fingerprint density at radius 1 is 1.27 bits per heavy atom. The van der Waals surface area contributed by atoms with E-state index in [1.54, 1.807) is 0 Å². The summed E-state index contributed by atoms with van der Waals surface area (Å²) in [6.07, 6.45) is 0.760. The molecule has 1 aromatic carbocycles. The minimum absolute atomic E-state index is 0.0399. The Morgan fingerprint density at radius 2 is 1.95 bits per heavy atom. The fourth-order valence-corrected chi connectivity index (χ4v) is 1.84. The van der Waals surface area contributed by atoms with Crippen LogP contribution in [-0.2, 0) is 14.3 Å². The number of nitrogens with one attached hydrogen (secondary N) is 1. The van der Waals surface area contributed by atoms with Crippen molar-refractivity contribution >= 4 is 14.8 Å². The number of rotatable bonds is 9. The van der Waals surface area contributed by atoms with Crippen LogP contribution in [0.1, 0.15) is 30.5 Å². The predicted molar refractivity (Wildman–Crippen MR) is 91.8 cm³/mol. The van der Waals surface area contributed by atoms with Crippen molar-refractivity contribution in [1.29, 1.82) is 0 Å². The molecule has 0 aliphatic heterocycles. The molecular weight excluding hydrogens is 297 g/mol. The molecule has 0 radical (unpaired) electrons. The highest BCUT2D eigenvalue weighted by molar-refractivity contribution is 7.40. The van der Waals surface area contributed by atoms with Crippen molar-refractivity contribution in [1.82, 2.24) is 5.32 Å². The fraction of sp³-hybridized carbons (Fsp3) is 0.471. The Bertz CT molecular complexity index is 505. The van der Waals surface area contributed by atoms with Crippen LogP contribution in [0.25, 0.3) is 0 Å². The van der Waals surface area contributed by atoms with E-state index < -0.39 is 0 Å². The van der Waals surface area contributed by atoms with Crippen molar-refractivity contribution in [3.63, 3.8) is 0 Å². The van der Waals surface area contributed by atoms with Crippen LogP contribution in [-0.4, -0.2) is 39.0 Å². The Balaban J connectivity index is 2.18. The highest BCUT2D eigenvalue weighted by Gasteiger charge is 2.00. The van der Waals surface area contributed by atoms with Gasteiger partial charge < -0.3 is 14.8 Å². The first-order chi connectivity index (χ1) is 10.6. The number of hydrogen-bond donors (Lipinski definition) is 1. The first-order valence-electron chi connectivity index (χ1n) is 7.33. The SMILES string of the molecule is CNC(C)c1ccc(C#CCOCCCOCC(=O)P)cc1. The van der Waals surface area contributed by atoms with Crippen molar-refractivity contribution in [2.75, 3.05) is 33.5 Å². The molecule has 2 unspecified atom stereocenters. The van der Waals surface area contributed by atoms with Gasteiger partial charge in [0.1, 0.15) is 13.2 Å². The van der Waals surface area contributed by atoms with Crippen molar-refractivity contribution in [2.24, 2.45) is 0 Å². The average molecular weight is 321 g/mol. The van der Waals surface area contributed by atoms with Gasteiger partial charge in [0, 0.05) is 18.2 Å². The Morgan fingerprint density at radius 3 is 2.59 bits per heavy atom. The molecule has 1 aromatic rings. The van der Waals surface area contributed by atoms with Gasteiger partial charge in [-0.2, -0.15) is 0 Å². The van der Waals surface area contributed by atoms with E-state index in [4.69, 9.17) is 9.47 Å². The summed E-state index contributed by atoms with van der Waals surface area (Å²) < 4.78 is 10.5. The van der Waals surface area contributed by atoms with Crippen LogP contribution in [0.5, 0.6) is 0 Å². The van der Waals surface area contributed by atoms with Gasteiger partial charge in [0.05, 0.1) is 6.61 Å². The van der Waals surface area contributed by atoms with Crippen molar-refractivity contribution in [2.45, 2.75) is 19.4 Å². The lowest BCUT2D eigenvalue weighted by Crippen LogP contribution is -2.11. The molecule has 0 bridgehead atoms. The smallest absolute Gasteiger partial charge is 0.173 e. The Labute approximate surface area is 135 Å². The van der Waals surface area contributed by atoms with Crippen LogP contribution in [0.2, 0.25) is 0 Å². The molecule has 0 saturated carbocycles. The number of carbonyl (C=O) groups is 1. The summed E-state index contributed by atoms with van der Waals surface area (Å²) in [4.78, 5) is 10.6.